The van der Waals surface area contributed by atoms with Crippen molar-refractivity contribution < 1.29 is 33.0 Å². The number of nitrogens with zero attached hydrogens (tertiary/aromatic N) is 2. The molecule has 3 aromatic carbocycles. The summed E-state index contributed by atoms with van der Waals surface area (Å²) in [5, 5.41) is 28.7. The van der Waals surface area contributed by atoms with Crippen LogP contribution in [-0.4, -0.2) is 52.4 Å². The van der Waals surface area contributed by atoms with E-state index in [2.05, 4.69) is 40.6 Å². The van der Waals surface area contributed by atoms with Crippen LogP contribution in [0.5, 0.6) is 0 Å². The first kappa shape index (κ1) is 28.4. The number of aliphatic hydroxyl groups excluding tert-OH is 1. The van der Waals surface area contributed by atoms with Crippen LogP contribution in [0.15, 0.2) is 72.8 Å². The number of hydrogen-bond acceptors (Lipinski definition) is 5. The second-order valence-corrected chi connectivity index (χ2v) is 8.73. The maximum Gasteiger partial charge on any atom is 0.490 e. The van der Waals surface area contributed by atoms with Crippen molar-refractivity contribution in [1.82, 2.24) is 4.90 Å². The van der Waals surface area contributed by atoms with E-state index in [0.717, 1.165) is 49.3 Å². The molecule has 1 amide bonds. The van der Waals surface area contributed by atoms with Gasteiger partial charge in [-0.15, -0.1) is 0 Å². The molecule has 0 bridgehead atoms. The van der Waals surface area contributed by atoms with Crippen molar-refractivity contribution in [3.63, 3.8) is 0 Å². The zero-order chi connectivity index (χ0) is 27.7. The molecule has 0 spiro atoms. The number of piperidine rings is 1. The van der Waals surface area contributed by atoms with Crippen molar-refractivity contribution in [3.05, 3.63) is 89.5 Å². The van der Waals surface area contributed by atoms with Crippen molar-refractivity contribution >= 4 is 17.6 Å². The number of amides is 1. The molecule has 10 heteroatoms. The number of carboxylic acid groups (broad SMARTS) is 1. The smallest absolute Gasteiger partial charge is 0.475 e. The number of halogens is 3. The number of nitriles is 1. The van der Waals surface area contributed by atoms with Gasteiger partial charge in [0.2, 0.25) is 0 Å². The summed E-state index contributed by atoms with van der Waals surface area (Å²) in [5.74, 6) is -2.96. The van der Waals surface area contributed by atoms with Crippen LogP contribution in [0.2, 0.25) is 0 Å². The molecule has 3 N–H and O–H groups in total. The molecule has 0 unspecified atom stereocenters. The Morgan fingerprint density at radius 2 is 1.55 bits per heavy atom. The number of anilines is 1. The molecule has 1 saturated heterocycles. The summed E-state index contributed by atoms with van der Waals surface area (Å²) in [4.78, 5) is 23.8. The lowest BCUT2D eigenvalue weighted by molar-refractivity contribution is -0.192. The quantitative estimate of drug-likeness (QED) is 0.429. The number of carbonyl (C=O) groups excluding carboxylic acids is 1. The van der Waals surface area contributed by atoms with Crippen LogP contribution in [0.1, 0.15) is 34.3 Å². The first-order chi connectivity index (χ1) is 18.0. The number of benzene rings is 3. The summed E-state index contributed by atoms with van der Waals surface area (Å²) in [7, 11) is 0. The molecule has 198 valence electrons. The average molecular weight is 526 g/mol. The Balaban J connectivity index is 0.000000505. The van der Waals surface area contributed by atoms with Gasteiger partial charge in [0, 0.05) is 30.9 Å². The van der Waals surface area contributed by atoms with E-state index in [1.807, 2.05) is 24.3 Å². The lowest BCUT2D eigenvalue weighted by Gasteiger charge is -2.29. The van der Waals surface area contributed by atoms with E-state index in [9.17, 15) is 23.1 Å². The van der Waals surface area contributed by atoms with Crippen LogP contribution in [0, 0.1) is 11.3 Å². The Morgan fingerprint density at radius 3 is 2.13 bits per heavy atom. The second kappa shape index (κ2) is 12.9. The van der Waals surface area contributed by atoms with Gasteiger partial charge >= 0.3 is 12.1 Å². The van der Waals surface area contributed by atoms with E-state index < -0.39 is 12.1 Å². The average Bonchev–Trinajstić information content (AvgIpc) is 2.90. The summed E-state index contributed by atoms with van der Waals surface area (Å²) >= 11 is 0. The number of likely N-dealkylation sites (tertiary alicyclic amines) is 1. The minimum absolute atomic E-state index is 0.162. The molecule has 0 saturated carbocycles. The van der Waals surface area contributed by atoms with Gasteiger partial charge in [0.15, 0.2) is 0 Å². The third-order valence-corrected chi connectivity index (χ3v) is 5.86. The van der Waals surface area contributed by atoms with Crippen LogP contribution in [-0.2, 0) is 11.3 Å². The normalized spacial score (nSPS) is 14.1. The minimum atomic E-state index is -5.08. The SMILES string of the molecule is N#Cc1ccc(C(=O)Nc2cccc(-c3cccc(CN4CCC(O)CC4)c3)c2)cc1.O=C(O)C(F)(F)F. The Morgan fingerprint density at radius 1 is 0.974 bits per heavy atom. The van der Waals surface area contributed by atoms with Crippen LogP contribution < -0.4 is 5.32 Å². The number of carbonyl (C=O) groups is 2. The maximum atomic E-state index is 12.5. The van der Waals surface area contributed by atoms with E-state index in [1.165, 1.54) is 5.56 Å². The molecule has 4 rings (SSSR count). The molecule has 1 aliphatic heterocycles. The lowest BCUT2D eigenvalue weighted by Crippen LogP contribution is -2.35. The van der Waals surface area contributed by atoms with E-state index in [0.29, 0.717) is 11.1 Å². The van der Waals surface area contributed by atoms with Gasteiger partial charge in [-0.3, -0.25) is 9.69 Å². The molecule has 1 fully saturated rings. The Labute approximate surface area is 217 Å². The summed E-state index contributed by atoms with van der Waals surface area (Å²) in [6.07, 6.45) is -3.58. The van der Waals surface area contributed by atoms with Gasteiger partial charge in [-0.2, -0.15) is 18.4 Å². The van der Waals surface area contributed by atoms with Crippen molar-refractivity contribution in [3.8, 4) is 17.2 Å². The summed E-state index contributed by atoms with van der Waals surface area (Å²) < 4.78 is 31.7. The number of carboxylic acids is 1. The van der Waals surface area contributed by atoms with Gasteiger partial charge in [0.05, 0.1) is 17.7 Å². The molecule has 0 aliphatic carbocycles. The molecule has 1 aliphatic rings. The standard InChI is InChI=1S/C26H25N3O2.C2HF3O2/c27-17-19-7-9-21(10-8-19)26(31)28-24-6-2-5-23(16-24)22-4-1-3-20(15-22)18-29-13-11-25(30)12-14-29;3-2(4,5)1(6)7/h1-10,15-16,25,30H,11-14,18H2,(H,28,31);(H,6,7). The van der Waals surface area contributed by atoms with Gasteiger partial charge in [0.1, 0.15) is 0 Å². The monoisotopic (exact) mass is 525 g/mol. The molecule has 3 aromatic rings. The number of nitrogens with one attached hydrogen (secondary N) is 1. The van der Waals surface area contributed by atoms with E-state index in [1.54, 1.807) is 24.3 Å². The maximum absolute atomic E-state index is 12.5. The molecular formula is C28H26F3N3O4. The zero-order valence-electron chi connectivity index (χ0n) is 20.3. The highest BCUT2D eigenvalue weighted by Gasteiger charge is 2.38. The predicted molar refractivity (Wildman–Crippen MR) is 135 cm³/mol. The van der Waals surface area contributed by atoms with Crippen LogP contribution in [0.3, 0.4) is 0 Å². The van der Waals surface area contributed by atoms with Crippen LogP contribution >= 0.6 is 0 Å². The second-order valence-electron chi connectivity index (χ2n) is 8.73. The highest BCUT2D eigenvalue weighted by molar-refractivity contribution is 6.04. The van der Waals surface area contributed by atoms with Crippen molar-refractivity contribution in [2.75, 3.05) is 18.4 Å². The zero-order valence-corrected chi connectivity index (χ0v) is 20.3. The summed E-state index contributed by atoms with van der Waals surface area (Å²) in [6.45, 7) is 2.71. The number of hydrogen-bond donors (Lipinski definition) is 3. The molecule has 38 heavy (non-hydrogen) atoms. The van der Waals surface area contributed by atoms with Crippen molar-refractivity contribution in [1.29, 1.82) is 5.26 Å². The fourth-order valence-electron chi connectivity index (χ4n) is 3.86. The molecule has 7 nitrogen and oxygen atoms in total. The fraction of sp³-hybridized carbons (Fsp3) is 0.250. The van der Waals surface area contributed by atoms with Crippen molar-refractivity contribution in [2.24, 2.45) is 0 Å². The largest absolute Gasteiger partial charge is 0.490 e. The van der Waals surface area contributed by atoms with Gasteiger partial charge < -0.3 is 15.5 Å². The number of aliphatic carboxylic acids is 1. The highest BCUT2D eigenvalue weighted by Crippen LogP contribution is 2.25. The molecular weight excluding hydrogens is 499 g/mol. The Kier molecular flexibility index (Phi) is 9.60. The number of rotatable bonds is 5. The number of aliphatic hydroxyl groups is 1. The summed E-state index contributed by atoms with van der Waals surface area (Å²) in [5.41, 5.74) is 5.14. The summed E-state index contributed by atoms with van der Waals surface area (Å²) in [6, 6.07) is 24.9. The van der Waals surface area contributed by atoms with E-state index in [4.69, 9.17) is 15.2 Å². The van der Waals surface area contributed by atoms with Gasteiger partial charge in [-0.1, -0.05) is 30.3 Å². The number of alkyl halides is 3. The third kappa shape index (κ3) is 8.44. The van der Waals surface area contributed by atoms with E-state index in [-0.39, 0.29) is 12.0 Å². The highest BCUT2D eigenvalue weighted by atomic mass is 19.4. The van der Waals surface area contributed by atoms with Crippen LogP contribution in [0.4, 0.5) is 18.9 Å². The van der Waals surface area contributed by atoms with E-state index >= 15 is 0 Å². The molecule has 0 aromatic heterocycles. The molecule has 1 heterocycles. The first-order valence-corrected chi connectivity index (χ1v) is 11.8. The minimum Gasteiger partial charge on any atom is -0.475 e. The topological polar surface area (TPSA) is 114 Å². The van der Waals surface area contributed by atoms with Crippen molar-refractivity contribution in [2.45, 2.75) is 31.7 Å². The first-order valence-electron chi connectivity index (χ1n) is 11.8. The molecule has 0 atom stereocenters. The third-order valence-electron chi connectivity index (χ3n) is 5.86. The lowest BCUT2D eigenvalue weighted by atomic mass is 10.0. The molecule has 0 radical (unpaired) electrons. The Bertz CT molecular complexity index is 1300. The fourth-order valence-corrected chi connectivity index (χ4v) is 3.86. The van der Waals surface area contributed by atoms with Crippen LogP contribution in [0.25, 0.3) is 11.1 Å². The predicted octanol–water partition coefficient (Wildman–Crippen LogP) is 5.07. The van der Waals surface area contributed by atoms with Gasteiger partial charge in [-0.05, 0) is 72.0 Å². The van der Waals surface area contributed by atoms with Gasteiger partial charge in [-0.25, -0.2) is 4.79 Å². The van der Waals surface area contributed by atoms with Gasteiger partial charge in [0.25, 0.3) is 5.91 Å². The Hall–Kier alpha value is -4.20.